The maximum absolute atomic E-state index is 13.4. The van der Waals surface area contributed by atoms with Crippen molar-refractivity contribution in [2.24, 2.45) is 7.05 Å². The zero-order chi connectivity index (χ0) is 24.4. The standard InChI is InChI=1S/C26H20BrClN2O4/c1-15(24(31)29-21-10-6-5-9-20(21)27)34-26(33)23-22(16-11-13-17(28)14-12-16)18-7-3-4-8-19(18)25(32)30(23)2/h3-15H,1-2H3,(H,29,31). The smallest absolute Gasteiger partial charge is 0.356 e. The Morgan fingerprint density at radius 1 is 0.971 bits per heavy atom. The molecule has 1 amide bonds. The molecule has 8 heteroatoms. The summed E-state index contributed by atoms with van der Waals surface area (Å²) >= 11 is 9.44. The first-order valence-electron chi connectivity index (χ1n) is 10.4. The molecule has 0 fully saturated rings. The fourth-order valence-corrected chi connectivity index (χ4v) is 4.19. The summed E-state index contributed by atoms with van der Waals surface area (Å²) in [5, 5.41) is 4.34. The molecule has 1 N–H and O–H groups in total. The summed E-state index contributed by atoms with van der Waals surface area (Å²) in [6, 6.07) is 21.1. The van der Waals surface area contributed by atoms with Gasteiger partial charge < -0.3 is 14.6 Å². The van der Waals surface area contributed by atoms with Crippen molar-refractivity contribution in [3.8, 4) is 11.1 Å². The van der Waals surface area contributed by atoms with Gasteiger partial charge in [-0.3, -0.25) is 9.59 Å². The van der Waals surface area contributed by atoms with Crippen LogP contribution in [0.3, 0.4) is 0 Å². The number of carbonyl (C=O) groups excluding carboxylic acids is 2. The Morgan fingerprint density at radius 3 is 2.26 bits per heavy atom. The first-order chi connectivity index (χ1) is 16.3. The van der Waals surface area contributed by atoms with Crippen molar-refractivity contribution in [2.45, 2.75) is 13.0 Å². The van der Waals surface area contributed by atoms with Crippen LogP contribution in [0, 0.1) is 0 Å². The zero-order valence-corrected chi connectivity index (χ0v) is 20.7. The quantitative estimate of drug-likeness (QED) is 0.325. The van der Waals surface area contributed by atoms with Gasteiger partial charge in [-0.1, -0.05) is 54.1 Å². The highest BCUT2D eigenvalue weighted by Gasteiger charge is 2.26. The molecule has 0 aliphatic rings. The number of pyridine rings is 1. The predicted molar refractivity (Wildman–Crippen MR) is 137 cm³/mol. The average molecular weight is 540 g/mol. The molecule has 1 aromatic heterocycles. The second-order valence-corrected chi connectivity index (χ2v) is 8.95. The Labute approximate surface area is 209 Å². The number of nitrogens with zero attached hydrogens (tertiary/aromatic N) is 1. The lowest BCUT2D eigenvalue weighted by Gasteiger charge is -2.19. The van der Waals surface area contributed by atoms with Crippen molar-refractivity contribution in [1.82, 2.24) is 4.57 Å². The van der Waals surface area contributed by atoms with E-state index in [-0.39, 0.29) is 11.3 Å². The monoisotopic (exact) mass is 538 g/mol. The van der Waals surface area contributed by atoms with Crippen molar-refractivity contribution in [2.75, 3.05) is 5.32 Å². The molecule has 6 nitrogen and oxygen atoms in total. The van der Waals surface area contributed by atoms with Gasteiger partial charge in [-0.25, -0.2) is 4.79 Å². The number of para-hydroxylation sites is 1. The number of hydrogen-bond acceptors (Lipinski definition) is 4. The molecule has 0 saturated heterocycles. The molecular weight excluding hydrogens is 520 g/mol. The van der Waals surface area contributed by atoms with Crippen molar-refractivity contribution in [1.29, 1.82) is 0 Å². The van der Waals surface area contributed by atoms with Gasteiger partial charge in [-0.15, -0.1) is 0 Å². The van der Waals surface area contributed by atoms with E-state index >= 15 is 0 Å². The van der Waals surface area contributed by atoms with E-state index in [2.05, 4.69) is 21.2 Å². The summed E-state index contributed by atoms with van der Waals surface area (Å²) in [6.45, 7) is 1.48. The van der Waals surface area contributed by atoms with Crippen LogP contribution >= 0.6 is 27.5 Å². The number of halogens is 2. The van der Waals surface area contributed by atoms with E-state index in [4.69, 9.17) is 16.3 Å². The van der Waals surface area contributed by atoms with Gasteiger partial charge >= 0.3 is 5.97 Å². The molecule has 0 aliphatic heterocycles. The van der Waals surface area contributed by atoms with Crippen molar-refractivity contribution in [3.63, 3.8) is 0 Å². The van der Waals surface area contributed by atoms with E-state index in [1.54, 1.807) is 66.7 Å². The minimum Gasteiger partial charge on any atom is -0.448 e. The van der Waals surface area contributed by atoms with Crippen LogP contribution in [0.25, 0.3) is 21.9 Å². The fourth-order valence-electron chi connectivity index (χ4n) is 3.68. The highest BCUT2D eigenvalue weighted by molar-refractivity contribution is 9.10. The van der Waals surface area contributed by atoms with Crippen molar-refractivity contribution in [3.05, 3.63) is 98.3 Å². The number of esters is 1. The van der Waals surface area contributed by atoms with Crippen LogP contribution in [0.4, 0.5) is 5.69 Å². The largest absolute Gasteiger partial charge is 0.448 e. The summed E-state index contributed by atoms with van der Waals surface area (Å²) in [5.74, 6) is -1.29. The van der Waals surface area contributed by atoms with Crippen LogP contribution < -0.4 is 10.9 Å². The molecule has 1 unspecified atom stereocenters. The van der Waals surface area contributed by atoms with Gasteiger partial charge in [0.25, 0.3) is 11.5 Å². The molecule has 3 aromatic carbocycles. The molecule has 34 heavy (non-hydrogen) atoms. The molecule has 0 spiro atoms. The molecule has 0 aliphatic carbocycles. The van der Waals surface area contributed by atoms with E-state index in [0.29, 0.717) is 37.1 Å². The maximum atomic E-state index is 13.4. The van der Waals surface area contributed by atoms with Crippen LogP contribution in [-0.4, -0.2) is 22.5 Å². The molecule has 1 heterocycles. The van der Waals surface area contributed by atoms with Gasteiger partial charge in [0.05, 0.1) is 5.69 Å². The number of fused-ring (bicyclic) bond motifs is 1. The number of rotatable bonds is 5. The van der Waals surface area contributed by atoms with Gasteiger partial charge in [0.15, 0.2) is 6.10 Å². The van der Waals surface area contributed by atoms with E-state index in [1.165, 1.54) is 18.5 Å². The number of anilines is 1. The highest BCUT2D eigenvalue weighted by Crippen LogP contribution is 2.32. The Balaban J connectivity index is 1.75. The Morgan fingerprint density at radius 2 is 1.59 bits per heavy atom. The maximum Gasteiger partial charge on any atom is 0.356 e. The van der Waals surface area contributed by atoms with Gasteiger partial charge in [0, 0.05) is 27.5 Å². The number of carbonyl (C=O) groups is 2. The van der Waals surface area contributed by atoms with Crippen LogP contribution in [-0.2, 0) is 16.6 Å². The van der Waals surface area contributed by atoms with E-state index < -0.39 is 18.0 Å². The Kier molecular flexibility index (Phi) is 6.86. The predicted octanol–water partition coefficient (Wildman–Crippen LogP) is 5.81. The normalized spacial score (nSPS) is 11.8. The Hall–Kier alpha value is -3.42. The van der Waals surface area contributed by atoms with Gasteiger partial charge in [0.1, 0.15) is 5.69 Å². The van der Waals surface area contributed by atoms with Crippen LogP contribution in [0.1, 0.15) is 17.4 Å². The third-order valence-electron chi connectivity index (χ3n) is 5.41. The number of aromatic nitrogens is 1. The highest BCUT2D eigenvalue weighted by atomic mass is 79.9. The number of ether oxygens (including phenoxy) is 1. The third-order valence-corrected chi connectivity index (χ3v) is 6.36. The van der Waals surface area contributed by atoms with E-state index in [9.17, 15) is 14.4 Å². The van der Waals surface area contributed by atoms with Crippen LogP contribution in [0.5, 0.6) is 0 Å². The molecule has 4 rings (SSSR count). The van der Waals surface area contributed by atoms with Gasteiger partial charge in [-0.2, -0.15) is 0 Å². The first-order valence-corrected chi connectivity index (χ1v) is 11.6. The number of nitrogens with one attached hydrogen (secondary N) is 1. The number of benzene rings is 3. The van der Waals surface area contributed by atoms with E-state index in [1.807, 2.05) is 6.07 Å². The van der Waals surface area contributed by atoms with Crippen LogP contribution in [0.2, 0.25) is 5.02 Å². The summed E-state index contributed by atoms with van der Waals surface area (Å²) in [4.78, 5) is 39.1. The average Bonchev–Trinajstić information content (AvgIpc) is 2.83. The molecule has 0 radical (unpaired) electrons. The van der Waals surface area contributed by atoms with Crippen molar-refractivity contribution < 1.29 is 14.3 Å². The summed E-state index contributed by atoms with van der Waals surface area (Å²) in [6.07, 6.45) is -1.11. The topological polar surface area (TPSA) is 77.4 Å². The second kappa shape index (κ2) is 9.83. The molecule has 1 atom stereocenters. The second-order valence-electron chi connectivity index (χ2n) is 7.66. The molecule has 0 saturated carbocycles. The summed E-state index contributed by atoms with van der Waals surface area (Å²) < 4.78 is 7.48. The lowest BCUT2D eigenvalue weighted by molar-refractivity contribution is -0.123. The van der Waals surface area contributed by atoms with Crippen molar-refractivity contribution >= 4 is 55.9 Å². The Bertz CT molecular complexity index is 1460. The van der Waals surface area contributed by atoms with Crippen LogP contribution in [0.15, 0.2) is 82.1 Å². The molecule has 0 bridgehead atoms. The van der Waals surface area contributed by atoms with Gasteiger partial charge in [0.2, 0.25) is 0 Å². The fraction of sp³-hybridized carbons (Fsp3) is 0.115. The first kappa shape index (κ1) is 23.7. The zero-order valence-electron chi connectivity index (χ0n) is 18.3. The number of hydrogen-bond donors (Lipinski definition) is 1. The summed E-state index contributed by atoms with van der Waals surface area (Å²) in [7, 11) is 1.51. The number of amides is 1. The van der Waals surface area contributed by atoms with Gasteiger partial charge in [-0.05, 0) is 64.1 Å². The SMILES string of the molecule is CC(OC(=O)c1c(-c2ccc(Cl)cc2)c2ccccc2c(=O)n1C)C(=O)Nc1ccccc1Br. The minimum absolute atomic E-state index is 0.0477. The molecule has 172 valence electrons. The molecular formula is C26H20BrClN2O4. The molecule has 4 aromatic rings. The third kappa shape index (κ3) is 4.62. The lowest BCUT2D eigenvalue weighted by Crippen LogP contribution is -2.33. The lowest BCUT2D eigenvalue weighted by atomic mass is 9.96. The minimum atomic E-state index is -1.11. The summed E-state index contributed by atoms with van der Waals surface area (Å²) in [5.41, 5.74) is 1.47. The van der Waals surface area contributed by atoms with E-state index in [0.717, 1.165) is 0 Å².